The third-order valence-corrected chi connectivity index (χ3v) is 3.43. The number of rotatable bonds is 5. The summed E-state index contributed by atoms with van der Waals surface area (Å²) in [4.78, 5) is 0. The van der Waals surface area contributed by atoms with E-state index >= 15 is 0 Å². The molecule has 2 aromatic carbocycles. The van der Waals surface area contributed by atoms with Gasteiger partial charge in [-0.15, -0.1) is 0 Å². The highest BCUT2D eigenvalue weighted by Crippen LogP contribution is 2.27. The van der Waals surface area contributed by atoms with Gasteiger partial charge in [-0.05, 0) is 42.5 Å². The topological polar surface area (TPSA) is 20.2 Å². The highest BCUT2D eigenvalue weighted by molar-refractivity contribution is 6.31. The Morgan fingerprint density at radius 2 is 1.84 bits per heavy atom. The molecule has 1 N–H and O–H groups in total. The normalized spacial score (nSPS) is 12.4. The monoisotopic (exact) mass is 278 g/mol. The van der Waals surface area contributed by atoms with Gasteiger partial charge in [0.25, 0.3) is 0 Å². The maximum absolute atomic E-state index is 12.9. The van der Waals surface area contributed by atoms with E-state index in [4.69, 9.17) is 11.6 Å². The van der Waals surface area contributed by atoms with Crippen LogP contribution in [0.15, 0.2) is 48.5 Å². The van der Waals surface area contributed by atoms with Crippen LogP contribution in [0.1, 0.15) is 30.1 Å². The van der Waals surface area contributed by atoms with Crippen LogP contribution in [0.5, 0.6) is 0 Å². The van der Waals surface area contributed by atoms with Crippen LogP contribution in [0.2, 0.25) is 5.02 Å². The molecular weight excluding hydrogens is 263 g/mol. The Bertz CT molecular complexity index is 528. The minimum atomic E-state index is -0.642. The zero-order chi connectivity index (χ0) is 13.7. The van der Waals surface area contributed by atoms with Gasteiger partial charge >= 0.3 is 0 Å². The zero-order valence-corrected chi connectivity index (χ0v) is 11.3. The van der Waals surface area contributed by atoms with E-state index in [1.165, 1.54) is 17.7 Å². The van der Waals surface area contributed by atoms with E-state index in [0.717, 1.165) is 12.8 Å². The first-order valence-electron chi connectivity index (χ1n) is 6.34. The lowest BCUT2D eigenvalue weighted by Gasteiger charge is -2.12. The fraction of sp³-hybridized carbons (Fsp3) is 0.250. The lowest BCUT2D eigenvalue weighted by Crippen LogP contribution is -2.00. The first-order chi connectivity index (χ1) is 9.16. The predicted molar refractivity (Wildman–Crippen MR) is 75.7 cm³/mol. The first kappa shape index (κ1) is 14.0. The molecule has 1 nitrogen and oxygen atoms in total. The third kappa shape index (κ3) is 4.05. The second-order valence-electron chi connectivity index (χ2n) is 4.56. The molecule has 0 bridgehead atoms. The summed E-state index contributed by atoms with van der Waals surface area (Å²) in [5, 5.41) is 10.3. The molecule has 0 saturated carbocycles. The summed E-state index contributed by atoms with van der Waals surface area (Å²) < 4.78 is 12.9. The summed E-state index contributed by atoms with van der Waals surface area (Å²) in [6.07, 6.45) is 1.74. The van der Waals surface area contributed by atoms with Crippen LogP contribution < -0.4 is 0 Å². The van der Waals surface area contributed by atoms with Crippen LogP contribution in [0.3, 0.4) is 0 Å². The van der Waals surface area contributed by atoms with Crippen molar-refractivity contribution in [2.45, 2.75) is 25.4 Å². The molecular formula is C16H16ClFO. The molecule has 2 rings (SSSR count). The average molecular weight is 279 g/mol. The molecule has 0 aliphatic rings. The second kappa shape index (κ2) is 6.69. The van der Waals surface area contributed by atoms with Crippen LogP contribution in [0, 0.1) is 5.82 Å². The Kier molecular flexibility index (Phi) is 4.94. The van der Waals surface area contributed by atoms with Gasteiger partial charge in [-0.2, -0.15) is 0 Å². The fourth-order valence-corrected chi connectivity index (χ4v) is 2.36. The molecule has 0 aliphatic carbocycles. The van der Waals surface area contributed by atoms with Crippen molar-refractivity contribution in [3.8, 4) is 0 Å². The van der Waals surface area contributed by atoms with Crippen molar-refractivity contribution >= 4 is 11.6 Å². The van der Waals surface area contributed by atoms with E-state index in [2.05, 4.69) is 12.1 Å². The molecule has 100 valence electrons. The lowest BCUT2D eigenvalue weighted by atomic mass is 10.0. The maximum atomic E-state index is 12.9. The van der Waals surface area contributed by atoms with E-state index in [0.29, 0.717) is 12.0 Å². The van der Waals surface area contributed by atoms with Crippen molar-refractivity contribution in [3.63, 3.8) is 0 Å². The van der Waals surface area contributed by atoms with Gasteiger partial charge in [0.15, 0.2) is 0 Å². The van der Waals surface area contributed by atoms with Crippen LogP contribution in [-0.2, 0) is 6.42 Å². The first-order valence-corrected chi connectivity index (χ1v) is 6.71. The van der Waals surface area contributed by atoms with Gasteiger partial charge < -0.3 is 5.11 Å². The largest absolute Gasteiger partial charge is 0.388 e. The van der Waals surface area contributed by atoms with Gasteiger partial charge in [0.2, 0.25) is 0 Å². The second-order valence-corrected chi connectivity index (χ2v) is 4.97. The molecule has 0 amide bonds. The number of hydrogen-bond acceptors (Lipinski definition) is 1. The molecule has 0 saturated heterocycles. The summed E-state index contributed by atoms with van der Waals surface area (Å²) in [6, 6.07) is 14.2. The maximum Gasteiger partial charge on any atom is 0.124 e. The Morgan fingerprint density at radius 1 is 1.11 bits per heavy atom. The Balaban J connectivity index is 1.89. The van der Waals surface area contributed by atoms with E-state index in [9.17, 15) is 9.50 Å². The Morgan fingerprint density at radius 3 is 2.53 bits per heavy atom. The van der Waals surface area contributed by atoms with Crippen LogP contribution in [-0.4, -0.2) is 5.11 Å². The average Bonchev–Trinajstić information content (AvgIpc) is 2.39. The van der Waals surface area contributed by atoms with Crippen molar-refractivity contribution in [1.82, 2.24) is 0 Å². The van der Waals surface area contributed by atoms with E-state index in [1.807, 2.05) is 18.2 Å². The van der Waals surface area contributed by atoms with Gasteiger partial charge in [0.05, 0.1) is 6.10 Å². The van der Waals surface area contributed by atoms with E-state index in [-0.39, 0.29) is 10.8 Å². The van der Waals surface area contributed by atoms with Gasteiger partial charge in [-0.3, -0.25) is 0 Å². The number of aliphatic hydroxyl groups excluding tert-OH is 1. The molecule has 3 heteroatoms. The number of halogens is 2. The smallest absolute Gasteiger partial charge is 0.124 e. The van der Waals surface area contributed by atoms with Crippen LogP contribution in [0.25, 0.3) is 0 Å². The number of aliphatic hydroxyl groups is 1. The summed E-state index contributed by atoms with van der Waals surface area (Å²) in [7, 11) is 0. The van der Waals surface area contributed by atoms with Crippen molar-refractivity contribution in [2.24, 2.45) is 0 Å². The van der Waals surface area contributed by atoms with Gasteiger partial charge in [0, 0.05) is 5.02 Å². The van der Waals surface area contributed by atoms with Gasteiger partial charge in [-0.1, -0.05) is 48.0 Å². The third-order valence-electron chi connectivity index (χ3n) is 3.11. The molecule has 0 spiro atoms. The number of hydrogen-bond donors (Lipinski definition) is 1. The molecule has 2 aromatic rings. The Hall–Kier alpha value is -1.38. The fourth-order valence-electron chi connectivity index (χ4n) is 2.07. The minimum absolute atomic E-state index is 0.284. The highest BCUT2D eigenvalue weighted by atomic mass is 35.5. The van der Waals surface area contributed by atoms with E-state index in [1.54, 1.807) is 6.07 Å². The number of aryl methyl sites for hydroxylation is 1. The quantitative estimate of drug-likeness (QED) is 0.851. The van der Waals surface area contributed by atoms with Crippen LogP contribution in [0.4, 0.5) is 4.39 Å². The standard InChI is InChI=1S/C16H16ClFO/c17-15-11-13(18)9-10-14(15)16(19)8-4-7-12-5-2-1-3-6-12/h1-3,5-6,9-11,16,19H,4,7-8H2. The van der Waals surface area contributed by atoms with Crippen molar-refractivity contribution in [3.05, 3.63) is 70.5 Å². The molecule has 0 radical (unpaired) electrons. The molecule has 0 aromatic heterocycles. The molecule has 19 heavy (non-hydrogen) atoms. The predicted octanol–water partition coefficient (Wildman–Crippen LogP) is 4.54. The van der Waals surface area contributed by atoms with Gasteiger partial charge in [0.1, 0.15) is 5.82 Å². The van der Waals surface area contributed by atoms with Crippen molar-refractivity contribution in [1.29, 1.82) is 0 Å². The molecule has 1 atom stereocenters. The minimum Gasteiger partial charge on any atom is -0.388 e. The van der Waals surface area contributed by atoms with Crippen molar-refractivity contribution in [2.75, 3.05) is 0 Å². The highest BCUT2D eigenvalue weighted by Gasteiger charge is 2.11. The lowest BCUT2D eigenvalue weighted by molar-refractivity contribution is 0.164. The molecule has 0 fully saturated rings. The SMILES string of the molecule is OC(CCCc1ccccc1)c1ccc(F)cc1Cl. The Labute approximate surface area is 117 Å². The molecule has 0 aliphatic heterocycles. The summed E-state index contributed by atoms with van der Waals surface area (Å²) >= 11 is 5.92. The van der Waals surface area contributed by atoms with E-state index < -0.39 is 6.10 Å². The molecule has 1 unspecified atom stereocenters. The van der Waals surface area contributed by atoms with Crippen molar-refractivity contribution < 1.29 is 9.50 Å². The summed E-state index contributed by atoms with van der Waals surface area (Å²) in [5.41, 5.74) is 1.84. The molecule has 0 heterocycles. The zero-order valence-electron chi connectivity index (χ0n) is 10.5. The summed E-state index contributed by atoms with van der Waals surface area (Å²) in [5.74, 6) is -0.384. The van der Waals surface area contributed by atoms with Gasteiger partial charge in [-0.25, -0.2) is 4.39 Å². The number of benzene rings is 2. The summed E-state index contributed by atoms with van der Waals surface area (Å²) in [6.45, 7) is 0. The van der Waals surface area contributed by atoms with Crippen LogP contribution >= 0.6 is 11.6 Å².